The lowest BCUT2D eigenvalue weighted by molar-refractivity contribution is 0.306. The summed E-state index contributed by atoms with van der Waals surface area (Å²) in [7, 11) is 0. The molecule has 0 aliphatic heterocycles. The molecule has 2 rings (SSSR count). The molecule has 1 aromatic heterocycles. The molecule has 5 nitrogen and oxygen atoms in total. The number of ether oxygens (including phenoxy) is 1. The van der Waals surface area contributed by atoms with Crippen molar-refractivity contribution in [3.05, 3.63) is 60.2 Å². The number of hydrogen-bond donors (Lipinski definition) is 2. The highest BCUT2D eigenvalue weighted by Crippen LogP contribution is 2.11. The van der Waals surface area contributed by atoms with Crippen molar-refractivity contribution >= 4 is 5.96 Å². The number of rotatable bonds is 9. The lowest BCUT2D eigenvalue weighted by atomic mass is 10.3. The number of guanidine groups is 1. The topological polar surface area (TPSA) is 58.5 Å². The van der Waals surface area contributed by atoms with Crippen molar-refractivity contribution in [3.63, 3.8) is 0 Å². The van der Waals surface area contributed by atoms with E-state index in [1.54, 1.807) is 18.3 Å². The zero-order valence-corrected chi connectivity index (χ0v) is 14.5. The van der Waals surface area contributed by atoms with Gasteiger partial charge in [0, 0.05) is 19.3 Å². The molecule has 0 bridgehead atoms. The minimum atomic E-state index is -0.252. The average molecular weight is 344 g/mol. The molecule has 1 aromatic carbocycles. The molecule has 0 aliphatic rings. The summed E-state index contributed by atoms with van der Waals surface area (Å²) in [6.45, 7) is 4.80. The second-order valence-electron chi connectivity index (χ2n) is 5.45. The van der Waals surface area contributed by atoms with Gasteiger partial charge < -0.3 is 15.4 Å². The summed E-state index contributed by atoms with van der Waals surface area (Å²) < 4.78 is 18.4. The predicted molar refractivity (Wildman–Crippen MR) is 98.2 cm³/mol. The normalized spacial score (nSPS) is 11.2. The largest absolute Gasteiger partial charge is 0.494 e. The first-order chi connectivity index (χ1) is 12.3. The summed E-state index contributed by atoms with van der Waals surface area (Å²) in [6, 6.07) is 11.9. The maximum Gasteiger partial charge on any atom is 0.191 e. The van der Waals surface area contributed by atoms with Gasteiger partial charge in [-0.2, -0.15) is 0 Å². The van der Waals surface area contributed by atoms with Crippen LogP contribution in [0.3, 0.4) is 0 Å². The van der Waals surface area contributed by atoms with Crippen molar-refractivity contribution in [2.24, 2.45) is 4.99 Å². The summed E-state index contributed by atoms with van der Waals surface area (Å²) in [4.78, 5) is 8.79. The van der Waals surface area contributed by atoms with Crippen molar-refractivity contribution in [3.8, 4) is 5.75 Å². The van der Waals surface area contributed by atoms with Crippen molar-refractivity contribution < 1.29 is 9.13 Å². The summed E-state index contributed by atoms with van der Waals surface area (Å²) in [5.41, 5.74) is 0.937. The number of halogens is 1. The Labute approximate surface area is 148 Å². The third-order valence-electron chi connectivity index (χ3n) is 3.42. The van der Waals surface area contributed by atoms with Gasteiger partial charge in [-0.25, -0.2) is 9.38 Å². The highest BCUT2D eigenvalue weighted by atomic mass is 19.1. The van der Waals surface area contributed by atoms with Crippen LogP contribution in [0.15, 0.2) is 53.7 Å². The van der Waals surface area contributed by atoms with E-state index in [0.29, 0.717) is 18.9 Å². The number of pyridine rings is 1. The molecule has 0 spiro atoms. The smallest absolute Gasteiger partial charge is 0.191 e. The quantitative estimate of drug-likeness (QED) is 0.417. The zero-order chi connectivity index (χ0) is 17.7. The van der Waals surface area contributed by atoms with Gasteiger partial charge in [-0.15, -0.1) is 0 Å². The number of aromatic nitrogens is 1. The van der Waals surface area contributed by atoms with Crippen LogP contribution in [0.5, 0.6) is 5.75 Å². The van der Waals surface area contributed by atoms with E-state index in [9.17, 15) is 4.39 Å². The van der Waals surface area contributed by atoms with Crippen LogP contribution in [0.2, 0.25) is 0 Å². The fraction of sp³-hybridized carbons (Fsp3) is 0.368. The van der Waals surface area contributed by atoms with Gasteiger partial charge in [0.2, 0.25) is 0 Å². The molecule has 0 amide bonds. The van der Waals surface area contributed by atoms with Crippen LogP contribution in [-0.4, -0.2) is 30.6 Å². The molecule has 0 radical (unpaired) electrons. The molecule has 6 heteroatoms. The molecule has 0 saturated heterocycles. The van der Waals surface area contributed by atoms with Gasteiger partial charge in [0.1, 0.15) is 11.6 Å². The number of aliphatic imine (C=N–C) groups is 1. The number of unbranched alkanes of at least 4 members (excludes halogenated alkanes) is 1. The van der Waals surface area contributed by atoms with E-state index in [4.69, 9.17) is 4.74 Å². The third kappa shape index (κ3) is 7.65. The molecule has 0 fully saturated rings. The van der Waals surface area contributed by atoms with Gasteiger partial charge in [0.15, 0.2) is 5.96 Å². The summed E-state index contributed by atoms with van der Waals surface area (Å²) in [5.74, 6) is 1.23. The van der Waals surface area contributed by atoms with Gasteiger partial charge in [0.05, 0.1) is 18.8 Å². The third-order valence-corrected chi connectivity index (χ3v) is 3.42. The maximum atomic E-state index is 12.8. The van der Waals surface area contributed by atoms with Crippen LogP contribution in [0.1, 0.15) is 25.5 Å². The SMILES string of the molecule is CCNC(=NCc1ccccn1)NCCCCOc1ccc(F)cc1. The molecule has 0 atom stereocenters. The lowest BCUT2D eigenvalue weighted by Gasteiger charge is -2.11. The van der Waals surface area contributed by atoms with E-state index in [2.05, 4.69) is 20.6 Å². The van der Waals surface area contributed by atoms with Crippen molar-refractivity contribution in [1.29, 1.82) is 0 Å². The van der Waals surface area contributed by atoms with Gasteiger partial charge in [-0.3, -0.25) is 4.98 Å². The second kappa shape index (κ2) is 11.0. The number of nitrogens with zero attached hydrogens (tertiary/aromatic N) is 2. The van der Waals surface area contributed by atoms with Crippen molar-refractivity contribution in [2.75, 3.05) is 19.7 Å². The fourth-order valence-electron chi connectivity index (χ4n) is 2.15. The Morgan fingerprint density at radius 1 is 1.12 bits per heavy atom. The molecule has 0 saturated carbocycles. The van der Waals surface area contributed by atoms with Crippen LogP contribution in [0, 0.1) is 5.82 Å². The monoisotopic (exact) mass is 344 g/mol. The van der Waals surface area contributed by atoms with E-state index in [-0.39, 0.29) is 5.82 Å². The number of benzene rings is 1. The van der Waals surface area contributed by atoms with Crippen LogP contribution in [-0.2, 0) is 6.54 Å². The van der Waals surface area contributed by atoms with Gasteiger partial charge in [0.25, 0.3) is 0 Å². The Morgan fingerprint density at radius 3 is 2.68 bits per heavy atom. The highest BCUT2D eigenvalue weighted by Gasteiger charge is 1.99. The van der Waals surface area contributed by atoms with E-state index in [1.165, 1.54) is 12.1 Å². The van der Waals surface area contributed by atoms with Crippen molar-refractivity contribution in [2.45, 2.75) is 26.3 Å². The van der Waals surface area contributed by atoms with E-state index < -0.39 is 0 Å². The number of nitrogens with one attached hydrogen (secondary N) is 2. The molecule has 25 heavy (non-hydrogen) atoms. The Balaban J connectivity index is 1.64. The molecule has 0 unspecified atom stereocenters. The van der Waals surface area contributed by atoms with Crippen LogP contribution >= 0.6 is 0 Å². The molecule has 1 heterocycles. The number of hydrogen-bond acceptors (Lipinski definition) is 3. The van der Waals surface area contributed by atoms with E-state index >= 15 is 0 Å². The molecular weight excluding hydrogens is 319 g/mol. The Hall–Kier alpha value is -2.63. The standard InChI is InChI=1S/C19H25FN4O/c1-2-21-19(24-15-17-7-3-4-12-22-17)23-13-5-6-14-25-18-10-8-16(20)9-11-18/h3-4,7-12H,2,5-6,13-15H2,1H3,(H2,21,23,24). The molecular formula is C19H25FN4O. The van der Waals surface area contributed by atoms with Crippen LogP contribution in [0.25, 0.3) is 0 Å². The molecule has 2 aromatic rings. The molecule has 0 aliphatic carbocycles. The lowest BCUT2D eigenvalue weighted by Crippen LogP contribution is -2.37. The maximum absolute atomic E-state index is 12.8. The first-order valence-electron chi connectivity index (χ1n) is 8.58. The summed E-state index contributed by atoms with van der Waals surface area (Å²) >= 11 is 0. The first kappa shape index (κ1) is 18.7. The Bertz CT molecular complexity index is 632. The minimum absolute atomic E-state index is 0.252. The Morgan fingerprint density at radius 2 is 1.96 bits per heavy atom. The fourth-order valence-corrected chi connectivity index (χ4v) is 2.15. The first-order valence-corrected chi connectivity index (χ1v) is 8.58. The predicted octanol–water partition coefficient (Wildman–Crippen LogP) is 3.14. The second-order valence-corrected chi connectivity index (χ2v) is 5.45. The van der Waals surface area contributed by atoms with Crippen molar-refractivity contribution in [1.82, 2.24) is 15.6 Å². The Kier molecular flexibility index (Phi) is 8.24. The molecule has 134 valence electrons. The molecule has 2 N–H and O–H groups in total. The van der Waals surface area contributed by atoms with Gasteiger partial charge in [-0.1, -0.05) is 6.07 Å². The van der Waals surface area contributed by atoms with E-state index in [0.717, 1.165) is 37.6 Å². The van der Waals surface area contributed by atoms with Crippen LogP contribution < -0.4 is 15.4 Å². The van der Waals surface area contributed by atoms with Gasteiger partial charge in [-0.05, 0) is 56.2 Å². The van der Waals surface area contributed by atoms with E-state index in [1.807, 2.05) is 25.1 Å². The average Bonchev–Trinajstić information content (AvgIpc) is 2.64. The highest BCUT2D eigenvalue weighted by molar-refractivity contribution is 5.79. The van der Waals surface area contributed by atoms with Gasteiger partial charge >= 0.3 is 0 Å². The minimum Gasteiger partial charge on any atom is -0.494 e. The zero-order valence-electron chi connectivity index (χ0n) is 14.5. The summed E-state index contributed by atoms with van der Waals surface area (Å²) in [6.07, 6.45) is 3.63. The van der Waals surface area contributed by atoms with Crippen LogP contribution in [0.4, 0.5) is 4.39 Å². The summed E-state index contributed by atoms with van der Waals surface area (Å²) in [5, 5.41) is 6.52.